The van der Waals surface area contributed by atoms with Gasteiger partial charge in [0.05, 0.1) is 17.6 Å². The number of likely N-dealkylation sites (N-methyl/N-ethyl adjacent to an activating group) is 1. The molecule has 0 fully saturated rings. The van der Waals surface area contributed by atoms with Crippen LogP contribution in [-0.4, -0.2) is 36.9 Å². The van der Waals surface area contributed by atoms with Gasteiger partial charge in [-0.05, 0) is 36.1 Å². The molecular weight excluding hydrogens is 368 g/mol. The van der Waals surface area contributed by atoms with Crippen molar-refractivity contribution in [1.82, 2.24) is 10.3 Å². The van der Waals surface area contributed by atoms with E-state index >= 15 is 0 Å². The van der Waals surface area contributed by atoms with Crippen LogP contribution in [0.3, 0.4) is 0 Å². The van der Waals surface area contributed by atoms with Crippen molar-refractivity contribution in [1.29, 1.82) is 0 Å². The summed E-state index contributed by atoms with van der Waals surface area (Å²) in [6.45, 7) is 1.61. The monoisotopic (exact) mass is 398 g/mol. The minimum Gasteiger partial charge on any atom is -0.319 e. The SMILES string of the molecule is CN1CC(N)(CCCNC(c2ccccc2)(c2ccccc2)c2ccccc2)C=N1. The van der Waals surface area contributed by atoms with Crippen molar-refractivity contribution in [3.05, 3.63) is 108 Å². The molecule has 30 heavy (non-hydrogen) atoms. The van der Waals surface area contributed by atoms with Crippen molar-refractivity contribution in [2.24, 2.45) is 10.8 Å². The standard InChI is InChI=1S/C26H30N4/c1-30-21-25(27,20-29-30)18-11-19-28-26(22-12-5-2-6-13-22,23-14-7-3-8-15-23)24-16-9-4-10-17-24/h2-10,12-17,20,28H,11,18-19,21,27H2,1H3. The van der Waals surface area contributed by atoms with Crippen molar-refractivity contribution < 1.29 is 0 Å². The zero-order chi connectivity index (χ0) is 20.9. The lowest BCUT2D eigenvalue weighted by Crippen LogP contribution is -2.47. The molecule has 4 rings (SSSR count). The van der Waals surface area contributed by atoms with E-state index in [4.69, 9.17) is 5.73 Å². The summed E-state index contributed by atoms with van der Waals surface area (Å²) in [5.74, 6) is 0. The van der Waals surface area contributed by atoms with E-state index in [0.717, 1.165) is 25.9 Å². The smallest absolute Gasteiger partial charge is 0.0947 e. The van der Waals surface area contributed by atoms with Gasteiger partial charge in [0.2, 0.25) is 0 Å². The van der Waals surface area contributed by atoms with Gasteiger partial charge in [-0.25, -0.2) is 0 Å². The number of benzene rings is 3. The molecule has 0 aromatic heterocycles. The zero-order valence-corrected chi connectivity index (χ0v) is 17.5. The second-order valence-corrected chi connectivity index (χ2v) is 8.17. The van der Waals surface area contributed by atoms with Crippen LogP contribution in [0.2, 0.25) is 0 Å². The topological polar surface area (TPSA) is 53.6 Å². The summed E-state index contributed by atoms with van der Waals surface area (Å²) < 4.78 is 0. The predicted octanol–water partition coefficient (Wildman–Crippen LogP) is 3.98. The van der Waals surface area contributed by atoms with Gasteiger partial charge in [-0.2, -0.15) is 5.10 Å². The molecule has 1 unspecified atom stereocenters. The molecule has 154 valence electrons. The molecule has 0 amide bonds. The Hall–Kier alpha value is -2.95. The van der Waals surface area contributed by atoms with E-state index in [2.05, 4.69) is 101 Å². The number of nitrogens with one attached hydrogen (secondary N) is 1. The third-order valence-electron chi connectivity index (χ3n) is 5.86. The first-order valence-corrected chi connectivity index (χ1v) is 10.6. The molecule has 0 saturated carbocycles. The molecule has 3 N–H and O–H groups in total. The first-order chi connectivity index (χ1) is 14.6. The van der Waals surface area contributed by atoms with E-state index in [9.17, 15) is 0 Å². The summed E-state index contributed by atoms with van der Waals surface area (Å²) >= 11 is 0. The summed E-state index contributed by atoms with van der Waals surface area (Å²) in [7, 11) is 1.97. The number of nitrogens with two attached hydrogens (primary N) is 1. The van der Waals surface area contributed by atoms with Crippen LogP contribution in [0.4, 0.5) is 0 Å². The average molecular weight is 399 g/mol. The Morgan fingerprint density at radius 1 is 0.867 bits per heavy atom. The Bertz CT molecular complexity index is 859. The number of rotatable bonds is 8. The Labute approximate surface area is 179 Å². The summed E-state index contributed by atoms with van der Waals surface area (Å²) in [6.07, 6.45) is 3.75. The van der Waals surface area contributed by atoms with Crippen LogP contribution < -0.4 is 11.1 Å². The predicted molar refractivity (Wildman–Crippen MR) is 124 cm³/mol. The lowest BCUT2D eigenvalue weighted by atomic mass is 9.77. The normalized spacial score (nSPS) is 18.7. The second-order valence-electron chi connectivity index (χ2n) is 8.17. The minimum atomic E-state index is -0.425. The highest BCUT2D eigenvalue weighted by atomic mass is 15.5. The third-order valence-corrected chi connectivity index (χ3v) is 5.86. The van der Waals surface area contributed by atoms with Gasteiger partial charge in [0.1, 0.15) is 0 Å². The van der Waals surface area contributed by atoms with Gasteiger partial charge >= 0.3 is 0 Å². The Morgan fingerprint density at radius 3 is 1.73 bits per heavy atom. The maximum Gasteiger partial charge on any atom is 0.0947 e. The highest BCUT2D eigenvalue weighted by Gasteiger charge is 2.36. The van der Waals surface area contributed by atoms with E-state index < -0.39 is 5.54 Å². The van der Waals surface area contributed by atoms with Crippen LogP contribution in [0.15, 0.2) is 96.1 Å². The van der Waals surface area contributed by atoms with E-state index in [1.54, 1.807) is 0 Å². The molecule has 0 aliphatic carbocycles. The van der Waals surface area contributed by atoms with Gasteiger partial charge in [0.25, 0.3) is 0 Å². The van der Waals surface area contributed by atoms with Gasteiger partial charge in [-0.1, -0.05) is 91.0 Å². The Kier molecular flexibility index (Phi) is 5.98. The number of hydrogen-bond donors (Lipinski definition) is 2. The van der Waals surface area contributed by atoms with E-state index in [1.807, 2.05) is 18.3 Å². The molecule has 4 nitrogen and oxygen atoms in total. The molecule has 1 aliphatic rings. The maximum atomic E-state index is 6.51. The third kappa shape index (κ3) is 4.16. The molecule has 0 radical (unpaired) electrons. The van der Waals surface area contributed by atoms with Crippen LogP contribution in [-0.2, 0) is 5.54 Å². The quantitative estimate of drug-likeness (QED) is 0.446. The van der Waals surface area contributed by atoms with Crippen LogP contribution in [0.1, 0.15) is 29.5 Å². The largest absolute Gasteiger partial charge is 0.319 e. The van der Waals surface area contributed by atoms with E-state index in [0.29, 0.717) is 0 Å². The fourth-order valence-electron chi connectivity index (χ4n) is 4.43. The van der Waals surface area contributed by atoms with Gasteiger partial charge in [0, 0.05) is 13.3 Å². The van der Waals surface area contributed by atoms with Gasteiger partial charge in [-0.3, -0.25) is 10.3 Å². The average Bonchev–Trinajstić information content (AvgIpc) is 3.14. The lowest BCUT2D eigenvalue weighted by molar-refractivity contribution is 0.324. The zero-order valence-electron chi connectivity index (χ0n) is 17.5. The van der Waals surface area contributed by atoms with E-state index in [-0.39, 0.29) is 5.54 Å². The summed E-state index contributed by atoms with van der Waals surface area (Å²) in [5.41, 5.74) is 9.43. The molecule has 0 saturated heterocycles. The van der Waals surface area contributed by atoms with Crippen molar-refractivity contribution in [3.8, 4) is 0 Å². The summed E-state index contributed by atoms with van der Waals surface area (Å²) in [5, 5.41) is 10.2. The van der Waals surface area contributed by atoms with Crippen molar-refractivity contribution in [2.75, 3.05) is 20.1 Å². The lowest BCUT2D eigenvalue weighted by Gasteiger charge is -2.37. The van der Waals surface area contributed by atoms with Crippen LogP contribution >= 0.6 is 0 Å². The summed E-state index contributed by atoms with van der Waals surface area (Å²) in [4.78, 5) is 0. The molecule has 3 aromatic rings. The Morgan fingerprint density at radius 2 is 1.33 bits per heavy atom. The number of nitrogens with zero attached hydrogens (tertiary/aromatic N) is 2. The highest BCUT2D eigenvalue weighted by Crippen LogP contribution is 2.36. The highest BCUT2D eigenvalue weighted by molar-refractivity contribution is 5.71. The van der Waals surface area contributed by atoms with Crippen LogP contribution in [0, 0.1) is 0 Å². The first-order valence-electron chi connectivity index (χ1n) is 10.6. The minimum absolute atomic E-state index is 0.342. The van der Waals surface area contributed by atoms with Gasteiger partial charge in [-0.15, -0.1) is 0 Å². The van der Waals surface area contributed by atoms with Gasteiger partial charge < -0.3 is 5.73 Å². The fourth-order valence-corrected chi connectivity index (χ4v) is 4.43. The van der Waals surface area contributed by atoms with Crippen LogP contribution in [0.5, 0.6) is 0 Å². The fraction of sp³-hybridized carbons (Fsp3) is 0.269. The van der Waals surface area contributed by atoms with Crippen molar-refractivity contribution >= 4 is 6.21 Å². The molecule has 0 bridgehead atoms. The molecular formula is C26H30N4. The second kappa shape index (κ2) is 8.82. The molecule has 1 heterocycles. The van der Waals surface area contributed by atoms with Crippen molar-refractivity contribution in [3.63, 3.8) is 0 Å². The first kappa shape index (κ1) is 20.3. The molecule has 0 spiro atoms. The maximum absolute atomic E-state index is 6.51. The molecule has 1 aliphatic heterocycles. The number of hydrogen-bond acceptors (Lipinski definition) is 4. The number of hydrazone groups is 1. The van der Waals surface area contributed by atoms with Gasteiger partial charge in [0.15, 0.2) is 0 Å². The molecule has 1 atom stereocenters. The Balaban J connectivity index is 1.66. The molecule has 3 aromatic carbocycles. The molecule has 4 heteroatoms. The van der Waals surface area contributed by atoms with E-state index in [1.165, 1.54) is 16.7 Å². The van der Waals surface area contributed by atoms with Crippen molar-refractivity contribution in [2.45, 2.75) is 23.9 Å². The van der Waals surface area contributed by atoms with Crippen LogP contribution in [0.25, 0.3) is 0 Å². The summed E-state index contributed by atoms with van der Waals surface area (Å²) in [6, 6.07) is 32.1.